The smallest absolute Gasteiger partial charge is 0.305 e. The van der Waals surface area contributed by atoms with E-state index in [0.717, 1.165) is 19.3 Å². The summed E-state index contributed by atoms with van der Waals surface area (Å²) in [6, 6.07) is 0. The topological polar surface area (TPSA) is 61.8 Å². The second-order valence-electron chi connectivity index (χ2n) is 3.63. The lowest BCUT2D eigenvalue weighted by molar-refractivity contribution is -0.145. The van der Waals surface area contributed by atoms with Gasteiger partial charge in [0.2, 0.25) is 0 Å². The first kappa shape index (κ1) is 15.9. The summed E-state index contributed by atoms with van der Waals surface area (Å²) in [4.78, 5) is 21.5. The van der Waals surface area contributed by atoms with Crippen molar-refractivity contribution in [1.29, 1.82) is 0 Å². The highest BCUT2D eigenvalue weighted by molar-refractivity contribution is 5.69. The number of unbranched alkanes of at least 4 members (excludes halogenated alkanes) is 2. The first-order valence-corrected chi connectivity index (χ1v) is 6.03. The van der Waals surface area contributed by atoms with Gasteiger partial charge in [-0.05, 0) is 6.42 Å². The van der Waals surface area contributed by atoms with Crippen molar-refractivity contribution in [3.05, 3.63) is 0 Å². The minimum absolute atomic E-state index is 0.179. The van der Waals surface area contributed by atoms with E-state index in [1.165, 1.54) is 6.92 Å². The van der Waals surface area contributed by atoms with Gasteiger partial charge in [0.15, 0.2) is 0 Å². The van der Waals surface area contributed by atoms with E-state index in [0.29, 0.717) is 19.6 Å². The maximum atomic E-state index is 11.1. The Morgan fingerprint density at radius 3 is 2.18 bits per heavy atom. The predicted octanol–water partition coefficient (Wildman–Crippen LogP) is 1.69. The van der Waals surface area contributed by atoms with Crippen LogP contribution in [0.25, 0.3) is 0 Å². The van der Waals surface area contributed by atoms with Crippen molar-refractivity contribution in [2.75, 3.05) is 26.4 Å². The Morgan fingerprint density at radius 1 is 0.941 bits per heavy atom. The molecule has 0 N–H and O–H groups in total. The zero-order valence-corrected chi connectivity index (χ0v) is 10.7. The number of carbonyl (C=O) groups excluding carboxylic acids is 2. The van der Waals surface area contributed by atoms with E-state index in [-0.39, 0.29) is 25.2 Å². The van der Waals surface area contributed by atoms with E-state index in [1.54, 1.807) is 0 Å². The van der Waals surface area contributed by atoms with Crippen molar-refractivity contribution in [3.63, 3.8) is 0 Å². The van der Waals surface area contributed by atoms with Crippen LogP contribution in [0.5, 0.6) is 0 Å². The van der Waals surface area contributed by atoms with Crippen LogP contribution in [0.15, 0.2) is 0 Å². The van der Waals surface area contributed by atoms with Gasteiger partial charge in [-0.3, -0.25) is 9.59 Å². The number of rotatable bonds is 10. The summed E-state index contributed by atoms with van der Waals surface area (Å²) < 4.78 is 14.7. The molecular formula is C12H22O5. The molecular weight excluding hydrogens is 224 g/mol. The Kier molecular flexibility index (Phi) is 10.7. The molecule has 0 aliphatic heterocycles. The van der Waals surface area contributed by atoms with E-state index in [9.17, 15) is 9.59 Å². The van der Waals surface area contributed by atoms with Crippen molar-refractivity contribution in [1.82, 2.24) is 0 Å². The molecule has 0 saturated heterocycles. The van der Waals surface area contributed by atoms with Gasteiger partial charge in [-0.15, -0.1) is 0 Å². The van der Waals surface area contributed by atoms with Gasteiger partial charge in [0.1, 0.15) is 13.2 Å². The van der Waals surface area contributed by atoms with E-state index in [2.05, 4.69) is 11.7 Å². The number of carbonyl (C=O) groups is 2. The molecule has 0 amide bonds. The minimum Gasteiger partial charge on any atom is -0.463 e. The number of ether oxygens (including phenoxy) is 3. The molecule has 0 bridgehead atoms. The summed E-state index contributed by atoms with van der Waals surface area (Å²) >= 11 is 0. The minimum atomic E-state index is -0.323. The molecule has 5 heteroatoms. The third-order valence-electron chi connectivity index (χ3n) is 2.01. The van der Waals surface area contributed by atoms with Crippen LogP contribution in [-0.4, -0.2) is 38.4 Å². The molecule has 0 aromatic heterocycles. The summed E-state index contributed by atoms with van der Waals surface area (Å²) in [6.45, 7) is 4.58. The van der Waals surface area contributed by atoms with Crippen molar-refractivity contribution in [2.45, 2.75) is 39.5 Å². The average Bonchev–Trinajstić information content (AvgIpc) is 2.28. The Morgan fingerprint density at radius 2 is 1.59 bits per heavy atom. The highest BCUT2D eigenvalue weighted by atomic mass is 16.6. The largest absolute Gasteiger partial charge is 0.463 e. The van der Waals surface area contributed by atoms with Gasteiger partial charge in [-0.25, -0.2) is 0 Å². The number of hydrogen-bond acceptors (Lipinski definition) is 5. The summed E-state index contributed by atoms with van der Waals surface area (Å²) in [6.07, 6.45) is 3.49. The van der Waals surface area contributed by atoms with Crippen LogP contribution < -0.4 is 0 Å². The quantitative estimate of drug-likeness (QED) is 0.433. The summed E-state index contributed by atoms with van der Waals surface area (Å²) in [5.41, 5.74) is 0. The van der Waals surface area contributed by atoms with Crippen molar-refractivity contribution in [3.8, 4) is 0 Å². The third kappa shape index (κ3) is 12.8. The van der Waals surface area contributed by atoms with Crippen LogP contribution in [-0.2, 0) is 23.8 Å². The molecule has 5 nitrogen and oxygen atoms in total. The molecule has 0 aromatic rings. The van der Waals surface area contributed by atoms with E-state index < -0.39 is 0 Å². The second kappa shape index (κ2) is 11.4. The Hall–Kier alpha value is -1.10. The third-order valence-corrected chi connectivity index (χ3v) is 2.01. The van der Waals surface area contributed by atoms with Crippen LogP contribution in [0.2, 0.25) is 0 Å². The Balaban J connectivity index is 3.16. The Labute approximate surface area is 102 Å². The molecule has 0 saturated carbocycles. The van der Waals surface area contributed by atoms with Crippen LogP contribution >= 0.6 is 0 Å². The molecule has 0 aliphatic rings. The van der Waals surface area contributed by atoms with Gasteiger partial charge >= 0.3 is 11.9 Å². The van der Waals surface area contributed by atoms with Crippen LogP contribution in [0.1, 0.15) is 39.5 Å². The SMILES string of the molecule is CCCCCC(=O)OCCOCCOC(C)=O. The monoisotopic (exact) mass is 246 g/mol. The van der Waals surface area contributed by atoms with Crippen LogP contribution in [0.4, 0.5) is 0 Å². The highest BCUT2D eigenvalue weighted by Gasteiger charge is 2.01. The molecule has 0 rings (SSSR count). The van der Waals surface area contributed by atoms with Gasteiger partial charge in [0.25, 0.3) is 0 Å². The maximum Gasteiger partial charge on any atom is 0.305 e. The Bertz CT molecular complexity index is 215. The molecule has 0 unspecified atom stereocenters. The van der Waals surface area contributed by atoms with Crippen molar-refractivity contribution in [2.24, 2.45) is 0 Å². The summed E-state index contributed by atoms with van der Waals surface area (Å²) in [5, 5.41) is 0. The van der Waals surface area contributed by atoms with Gasteiger partial charge in [-0.1, -0.05) is 19.8 Å². The lowest BCUT2D eigenvalue weighted by Gasteiger charge is -2.06. The molecule has 17 heavy (non-hydrogen) atoms. The van der Waals surface area contributed by atoms with Crippen LogP contribution in [0, 0.1) is 0 Å². The van der Waals surface area contributed by atoms with Crippen molar-refractivity contribution >= 4 is 11.9 Å². The summed E-state index contributed by atoms with van der Waals surface area (Å²) in [7, 11) is 0. The molecule has 100 valence electrons. The fourth-order valence-corrected chi connectivity index (χ4v) is 1.15. The van der Waals surface area contributed by atoms with Crippen molar-refractivity contribution < 1.29 is 23.8 Å². The lowest BCUT2D eigenvalue weighted by Crippen LogP contribution is -2.13. The number of esters is 2. The molecule has 0 radical (unpaired) electrons. The molecule has 0 fully saturated rings. The van der Waals surface area contributed by atoms with Crippen LogP contribution in [0.3, 0.4) is 0 Å². The molecule has 0 heterocycles. The standard InChI is InChI=1S/C12H22O5/c1-3-4-5-6-12(14)17-10-8-15-7-9-16-11(2)13/h3-10H2,1-2H3. The van der Waals surface area contributed by atoms with Gasteiger partial charge < -0.3 is 14.2 Å². The van der Waals surface area contributed by atoms with Gasteiger partial charge in [-0.2, -0.15) is 0 Å². The zero-order chi connectivity index (χ0) is 12.9. The normalized spacial score (nSPS) is 10.0. The second-order valence-corrected chi connectivity index (χ2v) is 3.63. The highest BCUT2D eigenvalue weighted by Crippen LogP contribution is 2.00. The van der Waals surface area contributed by atoms with E-state index >= 15 is 0 Å². The maximum absolute atomic E-state index is 11.1. The first-order valence-electron chi connectivity index (χ1n) is 6.03. The average molecular weight is 246 g/mol. The summed E-state index contributed by atoms with van der Waals surface area (Å²) in [5.74, 6) is -0.502. The zero-order valence-electron chi connectivity index (χ0n) is 10.7. The fourth-order valence-electron chi connectivity index (χ4n) is 1.15. The fraction of sp³-hybridized carbons (Fsp3) is 0.833. The van der Waals surface area contributed by atoms with Gasteiger partial charge in [0.05, 0.1) is 13.2 Å². The van der Waals surface area contributed by atoms with E-state index in [4.69, 9.17) is 9.47 Å². The molecule has 0 spiro atoms. The number of hydrogen-bond donors (Lipinski definition) is 0. The molecule has 0 aliphatic carbocycles. The first-order chi connectivity index (χ1) is 8.16. The predicted molar refractivity (Wildman–Crippen MR) is 62.6 cm³/mol. The molecule has 0 atom stereocenters. The van der Waals surface area contributed by atoms with E-state index in [1.807, 2.05) is 0 Å². The van der Waals surface area contributed by atoms with Gasteiger partial charge in [0, 0.05) is 13.3 Å². The molecule has 0 aromatic carbocycles. The lowest BCUT2D eigenvalue weighted by atomic mass is 10.2.